The van der Waals surface area contributed by atoms with E-state index in [1.54, 1.807) is 24.3 Å². The van der Waals surface area contributed by atoms with Crippen LogP contribution in [0.1, 0.15) is 68.6 Å². The van der Waals surface area contributed by atoms with Crippen molar-refractivity contribution in [3.63, 3.8) is 0 Å². The molecule has 126 valence electrons. The SMILES string of the molecule is CCCCCOC(=O)C1(OC(=O)c2ccccc2)CCCCC1. The summed E-state index contributed by atoms with van der Waals surface area (Å²) >= 11 is 0. The first-order valence-corrected chi connectivity index (χ1v) is 8.63. The molecule has 4 nitrogen and oxygen atoms in total. The fraction of sp³-hybridized carbons (Fsp3) is 0.579. The van der Waals surface area contributed by atoms with Crippen LogP contribution in [0.4, 0.5) is 0 Å². The van der Waals surface area contributed by atoms with Crippen LogP contribution < -0.4 is 0 Å². The molecule has 1 fully saturated rings. The zero-order chi connectivity index (χ0) is 16.5. The van der Waals surface area contributed by atoms with E-state index in [4.69, 9.17) is 9.47 Å². The van der Waals surface area contributed by atoms with Crippen LogP contribution in [0.2, 0.25) is 0 Å². The van der Waals surface area contributed by atoms with Crippen LogP contribution in [-0.2, 0) is 14.3 Å². The molecule has 2 rings (SSSR count). The summed E-state index contributed by atoms with van der Waals surface area (Å²) in [6, 6.07) is 8.81. The van der Waals surface area contributed by atoms with Gasteiger partial charge in [0.15, 0.2) is 0 Å². The predicted octanol–water partition coefficient (Wildman–Crippen LogP) is 4.28. The van der Waals surface area contributed by atoms with Gasteiger partial charge in [0.2, 0.25) is 5.60 Å². The molecule has 1 saturated carbocycles. The highest BCUT2D eigenvalue weighted by Gasteiger charge is 2.45. The number of esters is 2. The second-order valence-electron chi connectivity index (χ2n) is 6.15. The molecule has 0 bridgehead atoms. The van der Waals surface area contributed by atoms with Crippen molar-refractivity contribution in [2.75, 3.05) is 6.61 Å². The summed E-state index contributed by atoms with van der Waals surface area (Å²) in [6.45, 7) is 2.50. The first-order chi connectivity index (χ1) is 11.2. The minimum Gasteiger partial charge on any atom is -0.463 e. The lowest BCUT2D eigenvalue weighted by molar-refractivity contribution is -0.169. The van der Waals surface area contributed by atoms with Crippen LogP contribution in [0.5, 0.6) is 0 Å². The maximum atomic E-state index is 12.6. The van der Waals surface area contributed by atoms with Crippen LogP contribution >= 0.6 is 0 Å². The number of rotatable bonds is 7. The lowest BCUT2D eigenvalue weighted by atomic mass is 9.84. The second-order valence-corrected chi connectivity index (χ2v) is 6.15. The van der Waals surface area contributed by atoms with Gasteiger partial charge in [-0.15, -0.1) is 0 Å². The smallest absolute Gasteiger partial charge is 0.350 e. The summed E-state index contributed by atoms with van der Waals surface area (Å²) in [4.78, 5) is 24.9. The number of ether oxygens (including phenoxy) is 2. The fourth-order valence-corrected chi connectivity index (χ4v) is 2.93. The Labute approximate surface area is 138 Å². The third kappa shape index (κ3) is 4.81. The predicted molar refractivity (Wildman–Crippen MR) is 88.2 cm³/mol. The molecule has 0 heterocycles. The molecule has 0 atom stereocenters. The number of hydrogen-bond acceptors (Lipinski definition) is 4. The van der Waals surface area contributed by atoms with Crippen molar-refractivity contribution < 1.29 is 19.1 Å². The van der Waals surface area contributed by atoms with Crippen molar-refractivity contribution in [1.82, 2.24) is 0 Å². The van der Waals surface area contributed by atoms with E-state index in [0.717, 1.165) is 38.5 Å². The van der Waals surface area contributed by atoms with Crippen molar-refractivity contribution >= 4 is 11.9 Å². The Hall–Kier alpha value is -1.84. The number of carbonyl (C=O) groups is 2. The monoisotopic (exact) mass is 318 g/mol. The van der Waals surface area contributed by atoms with Crippen molar-refractivity contribution in [2.45, 2.75) is 63.9 Å². The molecule has 1 aromatic rings. The van der Waals surface area contributed by atoms with Crippen molar-refractivity contribution in [3.05, 3.63) is 35.9 Å². The third-order valence-electron chi connectivity index (χ3n) is 4.31. The van der Waals surface area contributed by atoms with Crippen molar-refractivity contribution in [3.8, 4) is 0 Å². The van der Waals surface area contributed by atoms with E-state index in [2.05, 4.69) is 6.92 Å². The molecular weight excluding hydrogens is 292 g/mol. The highest BCUT2D eigenvalue weighted by atomic mass is 16.6. The molecule has 1 aliphatic carbocycles. The average Bonchev–Trinajstić information content (AvgIpc) is 2.60. The van der Waals surface area contributed by atoms with Gasteiger partial charge in [-0.2, -0.15) is 0 Å². The lowest BCUT2D eigenvalue weighted by Crippen LogP contribution is -2.46. The van der Waals surface area contributed by atoms with Crippen LogP contribution in [0.15, 0.2) is 30.3 Å². The maximum Gasteiger partial charge on any atom is 0.350 e. The molecule has 1 aliphatic rings. The Bertz CT molecular complexity index is 503. The van der Waals surface area contributed by atoms with E-state index in [0.29, 0.717) is 25.0 Å². The van der Waals surface area contributed by atoms with E-state index in [-0.39, 0.29) is 5.97 Å². The summed E-state index contributed by atoms with van der Waals surface area (Å²) in [5.41, 5.74) is -0.631. The van der Waals surface area contributed by atoms with E-state index < -0.39 is 11.6 Å². The lowest BCUT2D eigenvalue weighted by Gasteiger charge is -2.34. The average molecular weight is 318 g/mol. The topological polar surface area (TPSA) is 52.6 Å². The van der Waals surface area contributed by atoms with Gasteiger partial charge >= 0.3 is 11.9 Å². The van der Waals surface area contributed by atoms with Gasteiger partial charge in [-0.05, 0) is 44.2 Å². The molecule has 0 unspecified atom stereocenters. The van der Waals surface area contributed by atoms with Gasteiger partial charge in [0.25, 0.3) is 0 Å². The van der Waals surface area contributed by atoms with Gasteiger partial charge in [0, 0.05) is 0 Å². The van der Waals surface area contributed by atoms with Crippen molar-refractivity contribution in [2.24, 2.45) is 0 Å². The van der Waals surface area contributed by atoms with E-state index in [9.17, 15) is 9.59 Å². The van der Waals surface area contributed by atoms with Gasteiger partial charge in [-0.3, -0.25) is 0 Å². The van der Waals surface area contributed by atoms with Gasteiger partial charge < -0.3 is 9.47 Å². The Morgan fingerprint density at radius 3 is 2.39 bits per heavy atom. The number of unbranched alkanes of at least 4 members (excludes halogenated alkanes) is 2. The van der Waals surface area contributed by atoms with Crippen LogP contribution in [0.25, 0.3) is 0 Å². The molecule has 0 radical (unpaired) electrons. The quantitative estimate of drug-likeness (QED) is 0.556. The van der Waals surface area contributed by atoms with E-state index >= 15 is 0 Å². The minimum absolute atomic E-state index is 0.377. The largest absolute Gasteiger partial charge is 0.463 e. The highest BCUT2D eigenvalue weighted by Crippen LogP contribution is 2.34. The molecule has 0 spiro atoms. The molecule has 0 N–H and O–H groups in total. The van der Waals surface area contributed by atoms with Crippen LogP contribution in [-0.4, -0.2) is 24.1 Å². The number of hydrogen-bond donors (Lipinski definition) is 0. The molecule has 1 aromatic carbocycles. The first kappa shape index (κ1) is 17.5. The summed E-state index contributed by atoms with van der Waals surface area (Å²) in [5, 5.41) is 0. The van der Waals surface area contributed by atoms with Crippen LogP contribution in [0.3, 0.4) is 0 Å². The summed E-state index contributed by atoms with van der Waals surface area (Å²) < 4.78 is 11.1. The van der Waals surface area contributed by atoms with Gasteiger partial charge in [0.05, 0.1) is 12.2 Å². The fourth-order valence-electron chi connectivity index (χ4n) is 2.93. The van der Waals surface area contributed by atoms with E-state index in [1.165, 1.54) is 0 Å². The third-order valence-corrected chi connectivity index (χ3v) is 4.31. The minimum atomic E-state index is -1.10. The zero-order valence-corrected chi connectivity index (χ0v) is 13.9. The number of benzene rings is 1. The van der Waals surface area contributed by atoms with Crippen molar-refractivity contribution in [1.29, 1.82) is 0 Å². The van der Waals surface area contributed by atoms with E-state index in [1.807, 2.05) is 6.07 Å². The maximum absolute atomic E-state index is 12.6. The summed E-state index contributed by atoms with van der Waals surface area (Å²) in [5.74, 6) is -0.824. The standard InChI is InChI=1S/C19H26O4/c1-2-3-10-15-22-18(21)19(13-8-5-9-14-19)23-17(20)16-11-6-4-7-12-16/h4,6-7,11-12H,2-3,5,8-10,13-15H2,1H3. The van der Waals surface area contributed by atoms with Gasteiger partial charge in [0.1, 0.15) is 0 Å². The molecule has 0 saturated heterocycles. The van der Waals surface area contributed by atoms with Gasteiger partial charge in [-0.25, -0.2) is 9.59 Å². The van der Waals surface area contributed by atoms with Crippen LogP contribution in [0, 0.1) is 0 Å². The molecule has 0 aromatic heterocycles. The molecule has 0 aliphatic heterocycles. The molecular formula is C19H26O4. The van der Waals surface area contributed by atoms with Gasteiger partial charge in [-0.1, -0.05) is 44.4 Å². The molecule has 4 heteroatoms. The highest BCUT2D eigenvalue weighted by molar-refractivity contribution is 5.92. The zero-order valence-electron chi connectivity index (χ0n) is 13.9. The Balaban J connectivity index is 2.03. The molecule has 0 amide bonds. The Morgan fingerprint density at radius 2 is 1.74 bits per heavy atom. The first-order valence-electron chi connectivity index (χ1n) is 8.63. The normalized spacial score (nSPS) is 16.6. The molecule has 23 heavy (non-hydrogen) atoms. The number of carbonyl (C=O) groups excluding carboxylic acids is 2. The summed E-state index contributed by atoms with van der Waals surface area (Å²) in [6.07, 6.45) is 6.89. The Morgan fingerprint density at radius 1 is 1.04 bits per heavy atom. The summed E-state index contributed by atoms with van der Waals surface area (Å²) in [7, 11) is 0. The Kier molecular flexibility index (Phi) is 6.63. The second kappa shape index (κ2) is 8.70.